The Balaban J connectivity index is 0.00000512. The summed E-state index contributed by atoms with van der Waals surface area (Å²) in [4.78, 5) is 12.6. The topological polar surface area (TPSA) is 47.0 Å². The van der Waals surface area contributed by atoms with Gasteiger partial charge < -0.3 is 14.4 Å². The molecule has 1 aromatic heterocycles. The number of ether oxygens (including phenoxy) is 2. The van der Waals surface area contributed by atoms with E-state index >= 15 is 0 Å². The second-order valence-corrected chi connectivity index (χ2v) is 18.9. The first-order valence-electron chi connectivity index (χ1n) is 20.5. The predicted octanol–water partition coefficient (Wildman–Crippen LogP) is 12.5. The maximum Gasteiger partial charge on any atom is 2.00 e. The van der Waals surface area contributed by atoms with Gasteiger partial charge in [-0.2, -0.15) is 5.56 Å². The fraction of sp³-hybridized carbons (Fsp3) is 0.400. The van der Waals surface area contributed by atoms with Crippen molar-refractivity contribution in [2.45, 2.75) is 125 Å². The quantitative estimate of drug-likeness (QED) is 0.169. The molecule has 0 radical (unpaired) electrons. The molecule has 0 unspecified atom stereocenters. The monoisotopic (exact) mass is 926 g/mol. The number of anilines is 3. The molecule has 2 aliphatic heterocycles. The van der Waals surface area contributed by atoms with Gasteiger partial charge in [-0.15, -0.1) is 29.8 Å². The molecule has 292 valence electrons. The SMILES string of the molecule is [2H]C1([2H])c2cc(C)c(C)cc2[C@@]2(C)N=C(c3[c-]c(Oc4[c-]c(N5c6ccc(C)cc6C(C)(C)c6cc(C)cnc65)cc(C)c4)cc(C(C)(C)C)c3)O[C@@]12C(C)(C)C.[Pt+2]. The molecule has 1 aliphatic carbocycles. The number of aliphatic imine (C=N–C) groups is 1. The molecule has 0 spiro atoms. The minimum absolute atomic E-state index is 0. The number of aromatic nitrogens is 1. The van der Waals surface area contributed by atoms with E-state index in [0.717, 1.165) is 56.1 Å². The van der Waals surface area contributed by atoms with Crippen LogP contribution in [0.4, 0.5) is 17.2 Å². The normalized spacial score (nSPS) is 22.0. The zero-order valence-electron chi connectivity index (χ0n) is 37.3. The molecule has 4 aromatic carbocycles. The van der Waals surface area contributed by atoms with E-state index in [4.69, 9.17) is 19.5 Å². The fourth-order valence-corrected chi connectivity index (χ4v) is 8.80. The largest absolute Gasteiger partial charge is 2.00 e. The van der Waals surface area contributed by atoms with E-state index in [-0.39, 0.29) is 31.9 Å². The zero-order valence-corrected chi connectivity index (χ0v) is 37.6. The van der Waals surface area contributed by atoms with E-state index < -0.39 is 22.9 Å². The summed E-state index contributed by atoms with van der Waals surface area (Å²) < 4.78 is 33.3. The summed E-state index contributed by atoms with van der Waals surface area (Å²) in [5, 5.41) is 0. The maximum atomic E-state index is 9.76. The van der Waals surface area contributed by atoms with Gasteiger partial charge in [0.25, 0.3) is 0 Å². The number of benzene rings is 4. The van der Waals surface area contributed by atoms with Gasteiger partial charge in [0.2, 0.25) is 0 Å². The van der Waals surface area contributed by atoms with Crippen molar-refractivity contribution >= 4 is 23.1 Å². The fourth-order valence-electron chi connectivity index (χ4n) is 8.80. The zero-order chi connectivity index (χ0) is 41.4. The van der Waals surface area contributed by atoms with Crippen molar-refractivity contribution in [3.63, 3.8) is 0 Å². The number of aryl methyl sites for hydroxylation is 5. The molecule has 0 fully saturated rings. The van der Waals surface area contributed by atoms with E-state index in [1.54, 1.807) is 0 Å². The smallest absolute Gasteiger partial charge is 0.510 e. The molecule has 0 saturated heterocycles. The van der Waals surface area contributed by atoms with E-state index in [0.29, 0.717) is 28.5 Å². The Morgan fingerprint density at radius 3 is 2.14 bits per heavy atom. The van der Waals surface area contributed by atoms with Gasteiger partial charge in [-0.25, -0.2) is 4.98 Å². The van der Waals surface area contributed by atoms with Gasteiger partial charge in [-0.3, -0.25) is 4.99 Å². The Hall–Kier alpha value is -4.21. The van der Waals surface area contributed by atoms with Crippen molar-refractivity contribution in [1.82, 2.24) is 4.98 Å². The van der Waals surface area contributed by atoms with Gasteiger partial charge >= 0.3 is 21.1 Å². The first-order valence-corrected chi connectivity index (χ1v) is 19.5. The number of nitrogens with zero attached hydrogens (tertiary/aromatic N) is 3. The molecule has 2 atom stereocenters. The van der Waals surface area contributed by atoms with Gasteiger partial charge in [0.1, 0.15) is 22.9 Å². The number of fused-ring (bicyclic) bond motifs is 5. The molecule has 0 amide bonds. The number of hydrogen-bond acceptors (Lipinski definition) is 5. The third-order valence-corrected chi connectivity index (χ3v) is 12.1. The average molecular weight is 927 g/mol. The van der Waals surface area contributed by atoms with Crippen LogP contribution in [-0.4, -0.2) is 16.5 Å². The molecule has 8 rings (SSSR count). The molecule has 5 aromatic rings. The molecule has 3 heterocycles. The Kier molecular flexibility index (Phi) is 8.79. The van der Waals surface area contributed by atoms with Crippen LogP contribution in [0.3, 0.4) is 0 Å². The number of pyridine rings is 1. The Morgan fingerprint density at radius 2 is 1.45 bits per heavy atom. The van der Waals surface area contributed by atoms with Crippen LogP contribution in [0.2, 0.25) is 0 Å². The van der Waals surface area contributed by atoms with Gasteiger partial charge in [0, 0.05) is 48.9 Å². The van der Waals surface area contributed by atoms with Crippen molar-refractivity contribution in [2.24, 2.45) is 10.4 Å². The van der Waals surface area contributed by atoms with Crippen LogP contribution in [0.25, 0.3) is 0 Å². The van der Waals surface area contributed by atoms with Crippen molar-refractivity contribution < 1.29 is 33.3 Å². The second kappa shape index (κ2) is 13.2. The molecule has 0 N–H and O–H groups in total. The van der Waals surface area contributed by atoms with Crippen molar-refractivity contribution in [1.29, 1.82) is 0 Å². The van der Waals surface area contributed by atoms with Crippen LogP contribution < -0.4 is 9.64 Å². The Bertz CT molecular complexity index is 2490. The van der Waals surface area contributed by atoms with E-state index in [1.165, 1.54) is 11.1 Å². The number of rotatable bonds is 4. The molecular formula is C50H55N3O2Pt. The summed E-state index contributed by atoms with van der Waals surface area (Å²) in [6.45, 7) is 29.7. The van der Waals surface area contributed by atoms with E-state index in [2.05, 4.69) is 143 Å². The van der Waals surface area contributed by atoms with Crippen LogP contribution in [0.15, 0.2) is 71.9 Å². The van der Waals surface area contributed by atoms with Crippen LogP contribution in [0, 0.1) is 52.2 Å². The minimum atomic E-state index is -1.83. The summed E-state index contributed by atoms with van der Waals surface area (Å²) in [7, 11) is 0. The van der Waals surface area contributed by atoms with Gasteiger partial charge in [0.15, 0.2) is 0 Å². The number of hydrogen-bond donors (Lipinski definition) is 0. The van der Waals surface area contributed by atoms with E-state index in [9.17, 15) is 2.74 Å². The minimum Gasteiger partial charge on any atom is -0.510 e. The molecule has 0 saturated carbocycles. The molecular weight excluding hydrogens is 870 g/mol. The van der Waals surface area contributed by atoms with Crippen molar-refractivity contribution in [2.75, 3.05) is 4.90 Å². The third kappa shape index (κ3) is 6.15. The van der Waals surface area contributed by atoms with Crippen molar-refractivity contribution in [3.8, 4) is 11.5 Å². The van der Waals surface area contributed by atoms with Crippen LogP contribution in [-0.2, 0) is 48.5 Å². The molecule has 6 heteroatoms. The predicted molar refractivity (Wildman–Crippen MR) is 225 cm³/mol. The molecule has 5 nitrogen and oxygen atoms in total. The van der Waals surface area contributed by atoms with Crippen LogP contribution in [0.5, 0.6) is 11.5 Å². The summed E-state index contributed by atoms with van der Waals surface area (Å²) in [6, 6.07) is 28.3. The first-order chi connectivity index (χ1) is 26.4. The van der Waals surface area contributed by atoms with Gasteiger partial charge in [0.05, 0.1) is 0 Å². The molecule has 56 heavy (non-hydrogen) atoms. The standard InChI is InChI=1S/C50H55N3O2.Pt/c1-29-15-16-43-41(19-29)48(12,13)42-20-31(3)28-51-44(42)53(43)37-17-30(2)18-38(26-37)54-39-24-34(23-36(25-39)46(6,7)8)45-52-49(14)40-22-33(5)32(4)21-35(40)27-50(49,55-45)47(9,10)11;/h15-23,25,28H,27H2,1-14H3;/q-2;+2/t49-,50-;/m1./s1/i27D2;. The Labute approximate surface area is 352 Å². The van der Waals surface area contributed by atoms with Crippen LogP contribution in [0.1, 0.15) is 126 Å². The Morgan fingerprint density at radius 1 is 0.768 bits per heavy atom. The summed E-state index contributed by atoms with van der Waals surface area (Å²) >= 11 is 0. The van der Waals surface area contributed by atoms with Crippen LogP contribution >= 0.6 is 0 Å². The molecule has 0 bridgehead atoms. The summed E-state index contributed by atoms with van der Waals surface area (Å²) in [5.74, 6) is 2.30. The van der Waals surface area contributed by atoms with Gasteiger partial charge in [-0.1, -0.05) is 116 Å². The van der Waals surface area contributed by atoms with Gasteiger partial charge in [-0.05, 0) is 85.5 Å². The average Bonchev–Trinajstić information content (AvgIpc) is 3.51. The molecule has 3 aliphatic rings. The third-order valence-electron chi connectivity index (χ3n) is 12.1. The van der Waals surface area contributed by atoms with E-state index in [1.807, 2.05) is 38.2 Å². The maximum absolute atomic E-state index is 9.76. The first kappa shape index (κ1) is 37.4. The van der Waals surface area contributed by atoms with Crippen molar-refractivity contribution in [3.05, 3.63) is 140 Å². The summed E-state index contributed by atoms with van der Waals surface area (Å²) in [5.41, 5.74) is 9.50. The second-order valence-electron chi connectivity index (χ2n) is 18.9. The summed E-state index contributed by atoms with van der Waals surface area (Å²) in [6.07, 6.45) is 0.0986.